The fourth-order valence-corrected chi connectivity index (χ4v) is 4.00. The average Bonchev–Trinajstić information content (AvgIpc) is 3.62. The highest BCUT2D eigenvalue weighted by Gasteiger charge is 2.26. The van der Waals surface area contributed by atoms with Gasteiger partial charge in [-0.05, 0) is 43.2 Å². The molecular weight excluding hydrogens is 464 g/mol. The van der Waals surface area contributed by atoms with Gasteiger partial charge >= 0.3 is 0 Å². The van der Waals surface area contributed by atoms with Crippen LogP contribution in [0, 0.1) is 0 Å². The quantitative estimate of drug-likeness (QED) is 0.432. The second-order valence-electron chi connectivity index (χ2n) is 8.38. The van der Waals surface area contributed by atoms with Crippen LogP contribution >= 0.6 is 0 Å². The van der Waals surface area contributed by atoms with Crippen LogP contribution < -0.4 is 14.8 Å². The zero-order chi connectivity index (χ0) is 25.3. The Kier molecular flexibility index (Phi) is 8.51. The van der Waals surface area contributed by atoms with Gasteiger partial charge in [-0.25, -0.2) is 0 Å². The van der Waals surface area contributed by atoms with E-state index in [0.29, 0.717) is 42.5 Å². The van der Waals surface area contributed by atoms with Gasteiger partial charge in [0.15, 0.2) is 11.5 Å². The summed E-state index contributed by atoms with van der Waals surface area (Å²) in [6, 6.07) is 12.4. The van der Waals surface area contributed by atoms with Crippen LogP contribution in [-0.4, -0.2) is 66.9 Å². The summed E-state index contributed by atoms with van der Waals surface area (Å²) in [6.07, 6.45) is 3.55. The lowest BCUT2D eigenvalue weighted by Crippen LogP contribution is -2.40. The molecule has 0 unspecified atom stereocenters. The van der Waals surface area contributed by atoms with Gasteiger partial charge in [0.2, 0.25) is 5.91 Å². The highest BCUT2D eigenvalue weighted by atomic mass is 16.5. The van der Waals surface area contributed by atoms with Crippen LogP contribution in [0.5, 0.6) is 11.5 Å². The molecule has 1 aliphatic rings. The van der Waals surface area contributed by atoms with E-state index < -0.39 is 0 Å². The standard InChI is InChI=1S/C26H30N4O6/c1-33-19-8-9-23(34-2)21(14-19)24-15-22(29-36-24)26(32)30(17-20-7-5-13-35-20)12-10-25(31)28-16-18-6-3-4-11-27-18/h3-4,6,8-9,11,14-15,20H,5,7,10,12-13,16-17H2,1-2H3,(H,28,31)/t20-/m0/s1. The number of ether oxygens (including phenoxy) is 3. The van der Waals surface area contributed by atoms with Crippen molar-refractivity contribution in [1.29, 1.82) is 0 Å². The minimum absolute atomic E-state index is 0.0737. The first-order valence-electron chi connectivity index (χ1n) is 11.8. The topological polar surface area (TPSA) is 116 Å². The van der Waals surface area contributed by atoms with Gasteiger partial charge in [0.05, 0.1) is 38.1 Å². The van der Waals surface area contributed by atoms with Crippen LogP contribution in [0.3, 0.4) is 0 Å². The third kappa shape index (κ3) is 6.39. The third-order valence-corrected chi connectivity index (χ3v) is 5.94. The predicted octanol–water partition coefficient (Wildman–Crippen LogP) is 3.08. The van der Waals surface area contributed by atoms with Crippen molar-refractivity contribution in [2.75, 3.05) is 33.9 Å². The monoisotopic (exact) mass is 494 g/mol. The first-order valence-corrected chi connectivity index (χ1v) is 11.8. The SMILES string of the molecule is COc1ccc(OC)c(-c2cc(C(=O)N(CCC(=O)NCc3ccccn3)C[C@@H]3CCCO3)no2)c1. The first-order chi connectivity index (χ1) is 17.6. The number of amides is 2. The number of hydrogen-bond acceptors (Lipinski definition) is 8. The van der Waals surface area contributed by atoms with Gasteiger partial charge in [-0.1, -0.05) is 11.2 Å². The number of carbonyl (C=O) groups excluding carboxylic acids is 2. The average molecular weight is 495 g/mol. The van der Waals surface area contributed by atoms with E-state index in [0.717, 1.165) is 18.5 Å². The molecule has 0 aliphatic carbocycles. The summed E-state index contributed by atoms with van der Waals surface area (Å²) >= 11 is 0. The van der Waals surface area contributed by atoms with Crippen LogP contribution in [0.15, 0.2) is 53.2 Å². The Morgan fingerprint density at radius 3 is 2.78 bits per heavy atom. The van der Waals surface area contributed by atoms with E-state index >= 15 is 0 Å². The van der Waals surface area contributed by atoms with E-state index in [9.17, 15) is 9.59 Å². The maximum Gasteiger partial charge on any atom is 0.276 e. The Balaban J connectivity index is 1.45. The fourth-order valence-electron chi connectivity index (χ4n) is 4.00. The summed E-state index contributed by atoms with van der Waals surface area (Å²) in [5.41, 5.74) is 1.52. The highest BCUT2D eigenvalue weighted by molar-refractivity contribution is 5.93. The largest absolute Gasteiger partial charge is 0.497 e. The number of nitrogens with zero attached hydrogens (tertiary/aromatic N) is 3. The van der Waals surface area contributed by atoms with Crippen LogP contribution in [0.2, 0.25) is 0 Å². The molecule has 10 heteroatoms. The van der Waals surface area contributed by atoms with Crippen LogP contribution in [-0.2, 0) is 16.1 Å². The predicted molar refractivity (Wildman–Crippen MR) is 131 cm³/mol. The molecule has 1 aliphatic heterocycles. The first kappa shape index (κ1) is 25.2. The van der Waals surface area contributed by atoms with Crippen molar-refractivity contribution in [2.45, 2.75) is 31.9 Å². The number of pyridine rings is 1. The van der Waals surface area contributed by atoms with Crippen molar-refractivity contribution in [3.8, 4) is 22.8 Å². The Morgan fingerprint density at radius 1 is 1.17 bits per heavy atom. The number of nitrogens with one attached hydrogen (secondary N) is 1. The number of methoxy groups -OCH3 is 2. The van der Waals surface area contributed by atoms with Crippen molar-refractivity contribution in [3.05, 3.63) is 60.0 Å². The smallest absolute Gasteiger partial charge is 0.276 e. The van der Waals surface area contributed by atoms with Crippen molar-refractivity contribution in [2.24, 2.45) is 0 Å². The number of carbonyl (C=O) groups is 2. The lowest BCUT2D eigenvalue weighted by Gasteiger charge is -2.24. The molecule has 1 fully saturated rings. The van der Waals surface area contributed by atoms with Gasteiger partial charge in [-0.2, -0.15) is 0 Å². The van der Waals surface area contributed by atoms with Crippen molar-refractivity contribution in [3.63, 3.8) is 0 Å². The fraction of sp³-hybridized carbons (Fsp3) is 0.385. The van der Waals surface area contributed by atoms with E-state index in [2.05, 4.69) is 15.5 Å². The second kappa shape index (κ2) is 12.2. The molecule has 0 bridgehead atoms. The summed E-state index contributed by atoms with van der Waals surface area (Å²) < 4.78 is 21.9. The van der Waals surface area contributed by atoms with Crippen LogP contribution in [0.4, 0.5) is 0 Å². The van der Waals surface area contributed by atoms with Gasteiger partial charge in [0, 0.05) is 38.4 Å². The minimum Gasteiger partial charge on any atom is -0.497 e. The summed E-state index contributed by atoms with van der Waals surface area (Å²) in [5, 5.41) is 6.85. The Hall–Kier alpha value is -3.92. The maximum absolute atomic E-state index is 13.4. The molecule has 4 rings (SSSR count). The maximum atomic E-state index is 13.4. The summed E-state index contributed by atoms with van der Waals surface area (Å²) in [7, 11) is 3.12. The Bertz CT molecular complexity index is 1160. The van der Waals surface area contributed by atoms with E-state index in [1.165, 1.54) is 0 Å². The zero-order valence-corrected chi connectivity index (χ0v) is 20.4. The lowest BCUT2D eigenvalue weighted by atomic mass is 10.1. The van der Waals surface area contributed by atoms with Crippen LogP contribution in [0.1, 0.15) is 35.4 Å². The zero-order valence-electron chi connectivity index (χ0n) is 20.4. The second-order valence-corrected chi connectivity index (χ2v) is 8.38. The molecule has 1 saturated heterocycles. The molecule has 1 atom stereocenters. The molecule has 1 aromatic carbocycles. The summed E-state index contributed by atoms with van der Waals surface area (Å²) in [4.78, 5) is 31.7. The van der Waals surface area contributed by atoms with E-state index in [1.807, 2.05) is 18.2 Å². The Morgan fingerprint density at radius 2 is 2.06 bits per heavy atom. The van der Waals surface area contributed by atoms with E-state index in [-0.39, 0.29) is 36.6 Å². The molecule has 190 valence electrons. The van der Waals surface area contributed by atoms with Gasteiger partial charge in [0.25, 0.3) is 5.91 Å². The number of rotatable bonds is 11. The van der Waals surface area contributed by atoms with Crippen LogP contribution in [0.25, 0.3) is 11.3 Å². The molecule has 2 amide bonds. The number of hydrogen-bond donors (Lipinski definition) is 1. The van der Waals surface area contributed by atoms with Gasteiger partial charge in [-0.3, -0.25) is 14.6 Å². The third-order valence-electron chi connectivity index (χ3n) is 5.94. The molecule has 3 aromatic rings. The van der Waals surface area contributed by atoms with Gasteiger partial charge in [0.1, 0.15) is 11.5 Å². The molecule has 10 nitrogen and oxygen atoms in total. The molecule has 0 radical (unpaired) electrons. The molecule has 0 saturated carbocycles. The van der Waals surface area contributed by atoms with Gasteiger partial charge in [-0.15, -0.1) is 0 Å². The van der Waals surface area contributed by atoms with E-state index in [4.69, 9.17) is 18.7 Å². The lowest BCUT2D eigenvalue weighted by molar-refractivity contribution is -0.121. The number of benzene rings is 1. The normalized spacial score (nSPS) is 14.9. The Labute approximate surface area is 209 Å². The van der Waals surface area contributed by atoms with Crippen molar-refractivity contribution < 1.29 is 28.3 Å². The molecule has 36 heavy (non-hydrogen) atoms. The summed E-state index contributed by atoms with van der Waals surface area (Å²) in [6.45, 7) is 1.59. The van der Waals surface area contributed by atoms with Crippen molar-refractivity contribution >= 4 is 11.8 Å². The highest BCUT2D eigenvalue weighted by Crippen LogP contribution is 2.34. The molecule has 0 spiro atoms. The van der Waals surface area contributed by atoms with Gasteiger partial charge < -0.3 is 29.0 Å². The molecular formula is C26H30N4O6. The number of aromatic nitrogens is 2. The molecule has 2 aromatic heterocycles. The summed E-state index contributed by atoms with van der Waals surface area (Å²) in [5.74, 6) is 1.05. The van der Waals surface area contributed by atoms with E-state index in [1.54, 1.807) is 49.6 Å². The molecule has 1 N–H and O–H groups in total. The van der Waals surface area contributed by atoms with Crippen molar-refractivity contribution in [1.82, 2.24) is 20.4 Å². The molecule has 3 heterocycles. The minimum atomic E-state index is -0.333.